The molecule has 0 saturated carbocycles. The monoisotopic (exact) mass is 386 g/mol. The molecule has 0 N–H and O–H groups in total. The van der Waals surface area contributed by atoms with Crippen molar-refractivity contribution in [3.8, 4) is 22.6 Å². The van der Waals surface area contributed by atoms with Crippen molar-refractivity contribution in [2.75, 3.05) is 19.8 Å². The van der Waals surface area contributed by atoms with Gasteiger partial charge in [0.15, 0.2) is 11.5 Å². The van der Waals surface area contributed by atoms with Crippen LogP contribution in [0.3, 0.4) is 0 Å². The van der Waals surface area contributed by atoms with E-state index in [0.717, 1.165) is 35.8 Å². The van der Waals surface area contributed by atoms with Crippen molar-refractivity contribution in [2.45, 2.75) is 32.4 Å². The SMILES string of the molecule is Cc1ccc(-c2ccc(CN3CCCC3c3ccc4c(c3)OCCO4)cc2)cn1. The van der Waals surface area contributed by atoms with Crippen molar-refractivity contribution in [1.82, 2.24) is 9.88 Å². The van der Waals surface area contributed by atoms with Crippen molar-refractivity contribution in [3.63, 3.8) is 0 Å². The summed E-state index contributed by atoms with van der Waals surface area (Å²) in [7, 11) is 0. The number of nitrogens with zero attached hydrogens (tertiary/aromatic N) is 2. The Morgan fingerprint density at radius 3 is 2.52 bits per heavy atom. The number of fused-ring (bicyclic) bond motifs is 1. The lowest BCUT2D eigenvalue weighted by Gasteiger charge is -2.26. The van der Waals surface area contributed by atoms with Gasteiger partial charge in [0.25, 0.3) is 0 Å². The van der Waals surface area contributed by atoms with E-state index in [1.807, 2.05) is 13.1 Å². The Bertz CT molecular complexity index is 983. The largest absolute Gasteiger partial charge is 0.486 e. The highest BCUT2D eigenvalue weighted by Crippen LogP contribution is 2.38. The summed E-state index contributed by atoms with van der Waals surface area (Å²) in [6.07, 6.45) is 4.36. The van der Waals surface area contributed by atoms with Crippen molar-refractivity contribution in [2.24, 2.45) is 0 Å². The quantitative estimate of drug-likeness (QED) is 0.620. The number of rotatable bonds is 4. The summed E-state index contributed by atoms with van der Waals surface area (Å²) in [6, 6.07) is 20.0. The molecule has 0 amide bonds. The summed E-state index contributed by atoms with van der Waals surface area (Å²) in [5, 5.41) is 0. The predicted octanol–water partition coefficient (Wildman–Crippen LogP) is 5.17. The zero-order valence-electron chi connectivity index (χ0n) is 16.8. The summed E-state index contributed by atoms with van der Waals surface area (Å²) < 4.78 is 11.5. The highest BCUT2D eigenvalue weighted by atomic mass is 16.6. The van der Waals surface area contributed by atoms with E-state index in [1.54, 1.807) is 0 Å². The first-order chi connectivity index (χ1) is 14.3. The van der Waals surface area contributed by atoms with Crippen LogP contribution in [0.2, 0.25) is 0 Å². The van der Waals surface area contributed by atoms with Gasteiger partial charge in [0.05, 0.1) is 0 Å². The maximum absolute atomic E-state index is 5.79. The molecule has 1 saturated heterocycles. The Labute approximate surface area is 172 Å². The zero-order valence-corrected chi connectivity index (χ0v) is 16.8. The van der Waals surface area contributed by atoms with Gasteiger partial charge in [0.1, 0.15) is 13.2 Å². The lowest BCUT2D eigenvalue weighted by atomic mass is 10.0. The van der Waals surface area contributed by atoms with E-state index in [0.29, 0.717) is 19.3 Å². The highest BCUT2D eigenvalue weighted by molar-refractivity contribution is 5.62. The Hall–Kier alpha value is -2.85. The molecule has 0 bridgehead atoms. The van der Waals surface area contributed by atoms with Gasteiger partial charge in [-0.05, 0) is 61.2 Å². The maximum Gasteiger partial charge on any atom is 0.161 e. The molecule has 1 atom stereocenters. The standard InChI is InChI=1S/C25H26N2O2/c1-18-4-7-22(16-26-18)20-8-5-19(6-9-20)17-27-12-2-3-23(27)21-10-11-24-25(15-21)29-14-13-28-24/h4-11,15-16,23H,2-3,12-14,17H2,1H3. The van der Waals surface area contributed by atoms with E-state index in [9.17, 15) is 0 Å². The number of aromatic nitrogens is 1. The molecule has 0 radical (unpaired) electrons. The number of benzene rings is 2. The number of ether oxygens (including phenoxy) is 2. The Morgan fingerprint density at radius 1 is 0.931 bits per heavy atom. The summed E-state index contributed by atoms with van der Waals surface area (Å²) in [6.45, 7) is 5.37. The average molecular weight is 386 g/mol. The predicted molar refractivity (Wildman–Crippen MR) is 114 cm³/mol. The fourth-order valence-corrected chi connectivity index (χ4v) is 4.34. The molecule has 4 heteroatoms. The van der Waals surface area contributed by atoms with E-state index in [2.05, 4.69) is 64.5 Å². The fraction of sp³-hybridized carbons (Fsp3) is 0.320. The fourth-order valence-electron chi connectivity index (χ4n) is 4.34. The van der Waals surface area contributed by atoms with Crippen LogP contribution in [0.5, 0.6) is 11.5 Å². The molecule has 0 spiro atoms. The van der Waals surface area contributed by atoms with Crippen LogP contribution in [0.25, 0.3) is 11.1 Å². The summed E-state index contributed by atoms with van der Waals surface area (Å²) in [4.78, 5) is 6.99. The number of hydrogen-bond acceptors (Lipinski definition) is 4. The average Bonchev–Trinajstić information content (AvgIpc) is 3.23. The van der Waals surface area contributed by atoms with Crippen molar-refractivity contribution >= 4 is 0 Å². The number of likely N-dealkylation sites (tertiary alicyclic amines) is 1. The van der Waals surface area contributed by atoms with Crippen LogP contribution in [0.4, 0.5) is 0 Å². The van der Waals surface area contributed by atoms with Crippen LogP contribution >= 0.6 is 0 Å². The summed E-state index contributed by atoms with van der Waals surface area (Å²) >= 11 is 0. The van der Waals surface area contributed by atoms with Gasteiger partial charge in [-0.2, -0.15) is 0 Å². The van der Waals surface area contributed by atoms with Crippen LogP contribution < -0.4 is 9.47 Å². The molecule has 0 aliphatic carbocycles. The number of aryl methyl sites for hydroxylation is 1. The second-order valence-electron chi connectivity index (χ2n) is 7.92. The lowest BCUT2D eigenvalue weighted by Crippen LogP contribution is -2.23. The van der Waals surface area contributed by atoms with Gasteiger partial charge in [0, 0.05) is 30.0 Å². The normalized spacial score (nSPS) is 18.7. The minimum atomic E-state index is 0.437. The van der Waals surface area contributed by atoms with E-state index < -0.39 is 0 Å². The summed E-state index contributed by atoms with van der Waals surface area (Å²) in [5.41, 5.74) is 6.10. The third-order valence-corrected chi connectivity index (χ3v) is 5.90. The van der Waals surface area contributed by atoms with Gasteiger partial charge in [-0.25, -0.2) is 0 Å². The van der Waals surface area contributed by atoms with Gasteiger partial charge in [0.2, 0.25) is 0 Å². The minimum Gasteiger partial charge on any atom is -0.486 e. The van der Waals surface area contributed by atoms with Crippen LogP contribution in [0, 0.1) is 6.92 Å². The van der Waals surface area contributed by atoms with Crippen LogP contribution in [-0.4, -0.2) is 29.6 Å². The number of hydrogen-bond donors (Lipinski definition) is 0. The van der Waals surface area contributed by atoms with Gasteiger partial charge in [-0.15, -0.1) is 0 Å². The first-order valence-electron chi connectivity index (χ1n) is 10.4. The van der Waals surface area contributed by atoms with E-state index >= 15 is 0 Å². The molecule has 2 aliphatic rings. The molecule has 5 rings (SSSR count). The topological polar surface area (TPSA) is 34.6 Å². The maximum atomic E-state index is 5.79. The second-order valence-corrected chi connectivity index (χ2v) is 7.92. The third-order valence-electron chi connectivity index (χ3n) is 5.90. The Kier molecular flexibility index (Phi) is 4.94. The highest BCUT2D eigenvalue weighted by Gasteiger charge is 2.27. The lowest BCUT2D eigenvalue weighted by molar-refractivity contribution is 0.170. The third kappa shape index (κ3) is 3.85. The van der Waals surface area contributed by atoms with E-state index in [-0.39, 0.29) is 0 Å². The first-order valence-corrected chi connectivity index (χ1v) is 10.4. The first kappa shape index (κ1) is 18.2. The van der Waals surface area contributed by atoms with Gasteiger partial charge >= 0.3 is 0 Å². The van der Waals surface area contributed by atoms with Crippen molar-refractivity contribution in [3.05, 3.63) is 77.6 Å². The van der Waals surface area contributed by atoms with E-state index in [1.165, 1.54) is 29.5 Å². The van der Waals surface area contributed by atoms with E-state index in [4.69, 9.17) is 9.47 Å². The van der Waals surface area contributed by atoms with Crippen LogP contribution in [-0.2, 0) is 6.54 Å². The smallest absolute Gasteiger partial charge is 0.161 e. The number of pyridine rings is 1. The van der Waals surface area contributed by atoms with Crippen molar-refractivity contribution in [1.29, 1.82) is 0 Å². The molecule has 3 heterocycles. The molecule has 148 valence electrons. The Balaban J connectivity index is 1.31. The molecule has 2 aliphatic heterocycles. The van der Waals surface area contributed by atoms with Crippen LogP contribution in [0.1, 0.15) is 35.7 Å². The zero-order chi connectivity index (χ0) is 19.6. The molecule has 4 nitrogen and oxygen atoms in total. The molecule has 29 heavy (non-hydrogen) atoms. The molecule has 1 unspecified atom stereocenters. The van der Waals surface area contributed by atoms with Crippen molar-refractivity contribution < 1.29 is 9.47 Å². The second kappa shape index (κ2) is 7.88. The molecule has 1 fully saturated rings. The molecule has 1 aromatic heterocycles. The molecule has 3 aromatic rings. The summed E-state index contributed by atoms with van der Waals surface area (Å²) in [5.74, 6) is 1.75. The van der Waals surface area contributed by atoms with Crippen LogP contribution in [0.15, 0.2) is 60.8 Å². The Morgan fingerprint density at radius 2 is 1.72 bits per heavy atom. The van der Waals surface area contributed by atoms with Gasteiger partial charge in [-0.1, -0.05) is 36.4 Å². The van der Waals surface area contributed by atoms with Gasteiger partial charge in [-0.3, -0.25) is 9.88 Å². The van der Waals surface area contributed by atoms with Gasteiger partial charge < -0.3 is 9.47 Å². The molecule has 2 aromatic carbocycles. The minimum absolute atomic E-state index is 0.437. The molecular weight excluding hydrogens is 360 g/mol. The molecular formula is C25H26N2O2.